The van der Waals surface area contributed by atoms with Crippen LogP contribution in [0.1, 0.15) is 24.3 Å². The number of rotatable bonds is 12. The van der Waals surface area contributed by atoms with Gasteiger partial charge < -0.3 is 25.0 Å². The van der Waals surface area contributed by atoms with Gasteiger partial charge in [-0.2, -0.15) is 0 Å². The number of carbonyl (C=O) groups excluding carboxylic acids is 1. The first kappa shape index (κ1) is 24.5. The number of ether oxygens (including phenoxy) is 2. The summed E-state index contributed by atoms with van der Waals surface area (Å²) in [4.78, 5) is 19.2. The van der Waals surface area contributed by atoms with Crippen molar-refractivity contribution in [2.24, 2.45) is 4.99 Å². The first-order valence-electron chi connectivity index (χ1n) is 10.7. The van der Waals surface area contributed by atoms with Crippen LogP contribution in [-0.4, -0.2) is 63.7 Å². The van der Waals surface area contributed by atoms with E-state index in [9.17, 15) is 4.79 Å². The number of nitrogens with one attached hydrogen (secondary N) is 2. The lowest BCUT2D eigenvalue weighted by Crippen LogP contribution is -2.40. The van der Waals surface area contributed by atoms with Crippen molar-refractivity contribution in [3.05, 3.63) is 46.2 Å². The van der Waals surface area contributed by atoms with Crippen LogP contribution >= 0.6 is 11.3 Å². The zero-order valence-corrected chi connectivity index (χ0v) is 19.8. The zero-order chi connectivity index (χ0) is 22.5. The number of aliphatic imine (C=N–C) groups is 1. The minimum atomic E-state index is -0.0350. The fourth-order valence-corrected chi connectivity index (χ4v) is 3.51. The Hall–Kier alpha value is -2.74. The maximum Gasteiger partial charge on any atom is 0.243 e. The van der Waals surface area contributed by atoms with Gasteiger partial charge in [0, 0.05) is 32.1 Å². The Labute approximate surface area is 189 Å². The predicted octanol–water partition coefficient (Wildman–Crippen LogP) is 2.95. The number of hydrogen-bond acceptors (Lipinski definition) is 5. The molecule has 0 saturated heterocycles. The van der Waals surface area contributed by atoms with E-state index in [4.69, 9.17) is 9.47 Å². The second kappa shape index (κ2) is 13.5. The maximum atomic E-state index is 11.9. The van der Waals surface area contributed by atoms with Crippen LogP contribution in [0.4, 0.5) is 0 Å². The number of hydrogen-bond donors (Lipinski definition) is 2. The molecule has 2 aromatic rings. The molecule has 8 heteroatoms. The molecular formula is C23H34N4O3S. The van der Waals surface area contributed by atoms with Crippen molar-refractivity contribution < 1.29 is 14.3 Å². The molecule has 0 saturated carbocycles. The molecule has 31 heavy (non-hydrogen) atoms. The molecule has 2 rings (SSSR count). The summed E-state index contributed by atoms with van der Waals surface area (Å²) in [5.74, 6) is 2.14. The molecule has 170 valence electrons. The molecule has 0 aliphatic heterocycles. The van der Waals surface area contributed by atoms with Crippen molar-refractivity contribution in [3.8, 4) is 11.5 Å². The highest BCUT2D eigenvalue weighted by atomic mass is 32.1. The molecule has 0 bridgehead atoms. The van der Waals surface area contributed by atoms with Crippen LogP contribution in [0, 0.1) is 0 Å². The Balaban J connectivity index is 1.93. The molecule has 1 amide bonds. The van der Waals surface area contributed by atoms with Gasteiger partial charge in [0.25, 0.3) is 0 Å². The van der Waals surface area contributed by atoms with Gasteiger partial charge in [0.15, 0.2) is 17.5 Å². The van der Waals surface area contributed by atoms with Crippen LogP contribution in [-0.2, 0) is 17.6 Å². The number of guanidine groups is 1. The molecule has 1 heterocycles. The van der Waals surface area contributed by atoms with Gasteiger partial charge in [-0.25, -0.2) is 4.99 Å². The molecule has 0 aliphatic rings. The van der Waals surface area contributed by atoms with E-state index in [2.05, 4.69) is 33.1 Å². The van der Waals surface area contributed by atoms with Crippen LogP contribution in [0.3, 0.4) is 0 Å². The minimum absolute atomic E-state index is 0.0350. The normalized spacial score (nSPS) is 11.2. The van der Waals surface area contributed by atoms with E-state index >= 15 is 0 Å². The molecule has 0 radical (unpaired) electrons. The molecule has 1 aromatic carbocycles. The standard InChI is InChI=1S/C23H34N4O3S/c1-5-29-20-10-9-18(16-21(20)30-6-2)11-13-24-23(26-17-22(28)27(3)4)25-14-12-19-8-7-15-31-19/h7-10,15-16H,5-6,11-14,17H2,1-4H3,(H2,24,25,26). The fraction of sp³-hybridized carbons (Fsp3) is 0.478. The quantitative estimate of drug-likeness (QED) is 0.387. The lowest BCUT2D eigenvalue weighted by molar-refractivity contribution is -0.127. The first-order chi connectivity index (χ1) is 15.0. The van der Waals surface area contributed by atoms with E-state index in [1.54, 1.807) is 30.3 Å². The summed E-state index contributed by atoms with van der Waals surface area (Å²) in [6.45, 7) is 6.65. The molecule has 7 nitrogen and oxygen atoms in total. The average Bonchev–Trinajstić information content (AvgIpc) is 3.27. The highest BCUT2D eigenvalue weighted by Gasteiger charge is 2.08. The lowest BCUT2D eigenvalue weighted by Gasteiger charge is -2.15. The van der Waals surface area contributed by atoms with Crippen LogP contribution < -0.4 is 20.1 Å². The predicted molar refractivity (Wildman–Crippen MR) is 128 cm³/mol. The third kappa shape index (κ3) is 8.88. The molecular weight excluding hydrogens is 412 g/mol. The highest BCUT2D eigenvalue weighted by Crippen LogP contribution is 2.28. The number of thiophene rings is 1. The van der Waals surface area contributed by atoms with Crippen LogP contribution in [0.15, 0.2) is 40.7 Å². The van der Waals surface area contributed by atoms with Crippen LogP contribution in [0.5, 0.6) is 11.5 Å². The summed E-state index contributed by atoms with van der Waals surface area (Å²) < 4.78 is 11.3. The van der Waals surface area contributed by atoms with Crippen LogP contribution in [0.2, 0.25) is 0 Å². The molecule has 0 aliphatic carbocycles. The van der Waals surface area contributed by atoms with E-state index in [-0.39, 0.29) is 12.5 Å². The van der Waals surface area contributed by atoms with Gasteiger partial charge in [-0.1, -0.05) is 12.1 Å². The second-order valence-corrected chi connectivity index (χ2v) is 8.07. The second-order valence-electron chi connectivity index (χ2n) is 7.03. The van der Waals surface area contributed by atoms with E-state index < -0.39 is 0 Å². The summed E-state index contributed by atoms with van der Waals surface area (Å²) in [5.41, 5.74) is 1.14. The third-order valence-corrected chi connectivity index (χ3v) is 5.37. The highest BCUT2D eigenvalue weighted by molar-refractivity contribution is 7.09. The third-order valence-electron chi connectivity index (χ3n) is 4.43. The van der Waals surface area contributed by atoms with Gasteiger partial charge >= 0.3 is 0 Å². The first-order valence-corrected chi connectivity index (χ1v) is 11.5. The van der Waals surface area contributed by atoms with Gasteiger partial charge in [0.1, 0.15) is 6.54 Å². The van der Waals surface area contributed by atoms with Crippen molar-refractivity contribution >= 4 is 23.2 Å². The Bertz CT molecular complexity index is 822. The Morgan fingerprint density at radius 2 is 1.74 bits per heavy atom. The molecule has 1 aromatic heterocycles. The summed E-state index contributed by atoms with van der Waals surface area (Å²) >= 11 is 1.74. The fourth-order valence-electron chi connectivity index (χ4n) is 2.80. The largest absolute Gasteiger partial charge is 0.490 e. The Kier molecular flexibility index (Phi) is 10.7. The zero-order valence-electron chi connectivity index (χ0n) is 18.9. The monoisotopic (exact) mass is 446 g/mol. The van der Waals surface area contributed by atoms with Crippen molar-refractivity contribution in [2.75, 3.05) is 46.9 Å². The Morgan fingerprint density at radius 3 is 2.39 bits per heavy atom. The van der Waals surface area contributed by atoms with E-state index in [1.165, 1.54) is 4.88 Å². The van der Waals surface area contributed by atoms with E-state index in [0.717, 1.165) is 36.4 Å². The molecule has 0 unspecified atom stereocenters. The summed E-state index contributed by atoms with van der Waals surface area (Å²) in [7, 11) is 3.47. The molecule has 2 N–H and O–H groups in total. The number of carbonyl (C=O) groups is 1. The SMILES string of the molecule is CCOc1ccc(CCNC(=NCC(=O)N(C)C)NCCc2cccs2)cc1OCC. The number of nitrogens with zero attached hydrogens (tertiary/aromatic N) is 2. The van der Waals surface area contributed by atoms with Gasteiger partial charge in [-0.15, -0.1) is 11.3 Å². The molecule has 0 atom stereocenters. The number of amides is 1. The van der Waals surface area contributed by atoms with E-state index in [1.807, 2.05) is 32.0 Å². The van der Waals surface area contributed by atoms with Gasteiger partial charge in [0.05, 0.1) is 13.2 Å². The average molecular weight is 447 g/mol. The van der Waals surface area contributed by atoms with E-state index in [0.29, 0.717) is 25.7 Å². The summed E-state index contributed by atoms with van der Waals surface area (Å²) in [6, 6.07) is 10.2. The topological polar surface area (TPSA) is 75.2 Å². The van der Waals surface area contributed by atoms with Gasteiger partial charge in [-0.05, 0) is 55.8 Å². The summed E-state index contributed by atoms with van der Waals surface area (Å²) in [6.07, 6.45) is 1.70. The van der Waals surface area contributed by atoms with Crippen molar-refractivity contribution in [1.29, 1.82) is 0 Å². The molecule has 0 spiro atoms. The van der Waals surface area contributed by atoms with Crippen molar-refractivity contribution in [2.45, 2.75) is 26.7 Å². The number of benzene rings is 1. The Morgan fingerprint density at radius 1 is 1.03 bits per heavy atom. The maximum absolute atomic E-state index is 11.9. The van der Waals surface area contributed by atoms with Crippen molar-refractivity contribution in [3.63, 3.8) is 0 Å². The minimum Gasteiger partial charge on any atom is -0.490 e. The molecule has 0 fully saturated rings. The van der Waals surface area contributed by atoms with Gasteiger partial charge in [-0.3, -0.25) is 4.79 Å². The lowest BCUT2D eigenvalue weighted by atomic mass is 10.1. The van der Waals surface area contributed by atoms with Crippen molar-refractivity contribution in [1.82, 2.24) is 15.5 Å². The smallest absolute Gasteiger partial charge is 0.243 e. The van der Waals surface area contributed by atoms with Gasteiger partial charge in [0.2, 0.25) is 5.91 Å². The summed E-state index contributed by atoms with van der Waals surface area (Å²) in [5, 5.41) is 8.73. The number of likely N-dealkylation sites (N-methyl/N-ethyl adjacent to an activating group) is 1. The van der Waals surface area contributed by atoms with Crippen LogP contribution in [0.25, 0.3) is 0 Å².